The third-order valence-electron chi connectivity index (χ3n) is 4.83. The van der Waals surface area contributed by atoms with E-state index >= 15 is 0 Å². The number of carboxylic acids is 1. The maximum atomic E-state index is 12.3. The zero-order chi connectivity index (χ0) is 24.7. The third-order valence-corrected chi connectivity index (χ3v) is 5.95. The van der Waals surface area contributed by atoms with Crippen molar-refractivity contribution in [2.45, 2.75) is 11.5 Å². The lowest BCUT2D eigenvalue weighted by molar-refractivity contribution is -0.130. The molecule has 3 aromatic rings. The van der Waals surface area contributed by atoms with Gasteiger partial charge in [0.1, 0.15) is 12.4 Å². The normalized spacial score (nSPS) is 11.9. The number of aliphatic carboxylic acids is 1. The van der Waals surface area contributed by atoms with E-state index in [0.29, 0.717) is 16.7 Å². The van der Waals surface area contributed by atoms with Crippen LogP contribution >= 0.6 is 0 Å². The van der Waals surface area contributed by atoms with Gasteiger partial charge >= 0.3 is 12.1 Å². The Morgan fingerprint density at radius 1 is 0.882 bits per heavy atom. The average molecular weight is 483 g/mol. The number of carbonyl (C=O) groups excluding carboxylic acids is 1. The van der Waals surface area contributed by atoms with Crippen LogP contribution in [0.5, 0.6) is 5.75 Å². The van der Waals surface area contributed by atoms with Crippen molar-refractivity contribution in [2.75, 3.05) is 12.9 Å². The van der Waals surface area contributed by atoms with Crippen LogP contribution in [0.4, 0.5) is 4.79 Å². The van der Waals surface area contributed by atoms with Crippen LogP contribution in [-0.4, -0.2) is 43.6 Å². The van der Waals surface area contributed by atoms with Gasteiger partial charge in [-0.25, -0.2) is 18.0 Å². The number of benzene rings is 3. The number of hydrogen-bond donors (Lipinski definition) is 2. The van der Waals surface area contributed by atoms with Gasteiger partial charge in [0.05, 0.1) is 17.1 Å². The number of carbonyl (C=O) groups is 2. The van der Waals surface area contributed by atoms with Gasteiger partial charge in [-0.3, -0.25) is 0 Å². The first-order valence-electron chi connectivity index (χ1n) is 10.1. The highest BCUT2D eigenvalue weighted by molar-refractivity contribution is 7.90. The fourth-order valence-corrected chi connectivity index (χ4v) is 3.83. The number of aliphatic hydroxyl groups is 1. The van der Waals surface area contributed by atoms with E-state index in [1.54, 1.807) is 42.5 Å². The smallest absolute Gasteiger partial charge is 0.478 e. The minimum Gasteiger partial charge on any atom is -0.478 e. The first-order chi connectivity index (χ1) is 16.2. The largest absolute Gasteiger partial charge is 0.514 e. The van der Waals surface area contributed by atoms with Crippen molar-refractivity contribution in [1.29, 1.82) is 0 Å². The molecule has 0 bridgehead atoms. The molecule has 0 unspecified atom stereocenters. The van der Waals surface area contributed by atoms with Crippen LogP contribution in [0.25, 0.3) is 11.1 Å². The summed E-state index contributed by atoms with van der Waals surface area (Å²) in [7, 11) is -3.46. The Kier molecular flexibility index (Phi) is 7.83. The van der Waals surface area contributed by atoms with Gasteiger partial charge in [0.25, 0.3) is 0 Å². The molecule has 8 nitrogen and oxygen atoms in total. The Balaban J connectivity index is 1.96. The summed E-state index contributed by atoms with van der Waals surface area (Å²) in [5.41, 5.74) is 1.32. The van der Waals surface area contributed by atoms with Crippen molar-refractivity contribution in [3.05, 3.63) is 95.6 Å². The Hall–Kier alpha value is -3.95. The standard InChI is InChI=1S/C25H22O8S/c1-34(30,31)21-12-10-18(11-13-21)22(23(24(27)28)19-7-3-2-4-8-19)16-32-25(29)33-20-9-5-6-17(14-20)15-26/h2-14,26H,15-16H2,1H3,(H,27,28)/b23-22+. The topological polar surface area (TPSA) is 127 Å². The summed E-state index contributed by atoms with van der Waals surface area (Å²) in [4.78, 5) is 24.6. The average Bonchev–Trinajstić information content (AvgIpc) is 2.81. The third kappa shape index (κ3) is 6.31. The van der Waals surface area contributed by atoms with Crippen LogP contribution in [0.3, 0.4) is 0 Å². The molecule has 0 heterocycles. The first kappa shape index (κ1) is 24.7. The molecule has 0 atom stereocenters. The number of rotatable bonds is 8. The predicted octanol–water partition coefficient (Wildman–Crippen LogP) is 3.79. The zero-order valence-corrected chi connectivity index (χ0v) is 19.0. The maximum absolute atomic E-state index is 12.3. The van der Waals surface area contributed by atoms with Crippen molar-refractivity contribution < 1.29 is 37.7 Å². The number of sulfone groups is 1. The lowest BCUT2D eigenvalue weighted by Crippen LogP contribution is -2.15. The van der Waals surface area contributed by atoms with Gasteiger partial charge < -0.3 is 19.7 Å². The second-order valence-corrected chi connectivity index (χ2v) is 9.28. The molecule has 0 fully saturated rings. The quantitative estimate of drug-likeness (QED) is 0.215. The van der Waals surface area contributed by atoms with Gasteiger partial charge in [0.15, 0.2) is 9.84 Å². The fraction of sp³-hybridized carbons (Fsp3) is 0.120. The second-order valence-electron chi connectivity index (χ2n) is 7.27. The van der Waals surface area contributed by atoms with Crippen LogP contribution in [0.2, 0.25) is 0 Å². The summed E-state index contributed by atoms with van der Waals surface area (Å²) in [5.74, 6) is -1.10. The Bertz CT molecular complexity index is 1310. The Morgan fingerprint density at radius 2 is 1.56 bits per heavy atom. The molecule has 0 spiro atoms. The predicted molar refractivity (Wildman–Crippen MR) is 125 cm³/mol. The minimum atomic E-state index is -3.46. The van der Waals surface area contributed by atoms with Crippen molar-refractivity contribution in [1.82, 2.24) is 0 Å². The van der Waals surface area contributed by atoms with Crippen LogP contribution in [0.15, 0.2) is 83.8 Å². The molecule has 176 valence electrons. The van der Waals surface area contributed by atoms with E-state index in [2.05, 4.69) is 0 Å². The molecule has 0 aromatic heterocycles. The fourth-order valence-electron chi connectivity index (χ4n) is 3.20. The molecule has 0 amide bonds. The lowest BCUT2D eigenvalue weighted by atomic mass is 9.95. The minimum absolute atomic E-state index is 0.0660. The molecule has 3 rings (SSSR count). The number of hydrogen-bond acceptors (Lipinski definition) is 7. The number of carboxylic acid groups (broad SMARTS) is 1. The first-order valence-corrected chi connectivity index (χ1v) is 11.9. The SMILES string of the molecule is CS(=O)(=O)c1ccc(/C(COC(=O)Oc2cccc(CO)c2)=C(/C(=O)O)c2ccccc2)cc1. The van der Waals surface area contributed by atoms with Gasteiger partial charge in [0.2, 0.25) is 0 Å². The molecule has 0 radical (unpaired) electrons. The van der Waals surface area contributed by atoms with E-state index in [-0.39, 0.29) is 28.4 Å². The van der Waals surface area contributed by atoms with Crippen molar-refractivity contribution in [3.63, 3.8) is 0 Å². The molecule has 0 saturated heterocycles. The van der Waals surface area contributed by atoms with E-state index in [4.69, 9.17) is 9.47 Å². The van der Waals surface area contributed by atoms with E-state index in [1.165, 1.54) is 36.4 Å². The summed E-state index contributed by atoms with van der Waals surface area (Å²) in [6.07, 6.45) is -0.00538. The maximum Gasteiger partial charge on any atom is 0.514 e. The molecule has 0 aliphatic heterocycles. The summed E-state index contributed by atoms with van der Waals surface area (Å²) in [6.45, 7) is -0.686. The van der Waals surface area contributed by atoms with E-state index < -0.39 is 28.6 Å². The highest BCUT2D eigenvalue weighted by Gasteiger charge is 2.21. The van der Waals surface area contributed by atoms with Gasteiger partial charge in [-0.15, -0.1) is 0 Å². The van der Waals surface area contributed by atoms with Crippen LogP contribution in [-0.2, 0) is 26.0 Å². The van der Waals surface area contributed by atoms with E-state index in [1.807, 2.05) is 0 Å². The molecule has 0 saturated carbocycles. The Morgan fingerprint density at radius 3 is 2.15 bits per heavy atom. The number of aliphatic hydroxyl groups excluding tert-OH is 1. The van der Waals surface area contributed by atoms with Gasteiger partial charge in [-0.2, -0.15) is 0 Å². The summed E-state index contributed by atoms with van der Waals surface area (Å²) >= 11 is 0. The van der Waals surface area contributed by atoms with Crippen molar-refractivity contribution in [2.24, 2.45) is 0 Å². The highest BCUT2D eigenvalue weighted by atomic mass is 32.2. The Labute approximate surface area is 196 Å². The molecule has 9 heteroatoms. The zero-order valence-electron chi connectivity index (χ0n) is 18.2. The van der Waals surface area contributed by atoms with Crippen LogP contribution in [0, 0.1) is 0 Å². The van der Waals surface area contributed by atoms with Gasteiger partial charge in [0, 0.05) is 11.8 Å². The molecule has 3 aromatic carbocycles. The van der Waals surface area contributed by atoms with Crippen LogP contribution < -0.4 is 4.74 Å². The van der Waals surface area contributed by atoms with E-state index in [9.17, 15) is 28.2 Å². The van der Waals surface area contributed by atoms with Gasteiger partial charge in [-0.1, -0.05) is 54.6 Å². The molecule has 2 N–H and O–H groups in total. The molecular weight excluding hydrogens is 460 g/mol. The number of ether oxygens (including phenoxy) is 2. The molecular formula is C25H22O8S. The van der Waals surface area contributed by atoms with Crippen molar-refractivity contribution >= 4 is 33.1 Å². The molecule has 34 heavy (non-hydrogen) atoms. The van der Waals surface area contributed by atoms with Gasteiger partial charge in [-0.05, 0) is 41.0 Å². The van der Waals surface area contributed by atoms with Crippen molar-refractivity contribution in [3.8, 4) is 5.75 Å². The molecule has 0 aliphatic carbocycles. The second kappa shape index (κ2) is 10.8. The lowest BCUT2D eigenvalue weighted by Gasteiger charge is -2.15. The molecule has 0 aliphatic rings. The monoisotopic (exact) mass is 482 g/mol. The summed E-state index contributed by atoms with van der Waals surface area (Å²) < 4.78 is 34.0. The summed E-state index contributed by atoms with van der Waals surface area (Å²) in [5, 5.41) is 19.2. The van der Waals surface area contributed by atoms with Crippen LogP contribution in [0.1, 0.15) is 16.7 Å². The highest BCUT2D eigenvalue weighted by Crippen LogP contribution is 2.28. The van der Waals surface area contributed by atoms with E-state index in [0.717, 1.165) is 6.26 Å². The summed E-state index contributed by atoms with van der Waals surface area (Å²) in [6, 6.07) is 20.1.